The topological polar surface area (TPSA) is 30.5 Å². The number of ether oxygens (including phenoxy) is 2. The first kappa shape index (κ1) is 15.3. The highest BCUT2D eigenvalue weighted by atomic mass is 16.5. The van der Waals surface area contributed by atoms with E-state index in [1.54, 1.807) is 0 Å². The Kier molecular flexibility index (Phi) is 6.89. The highest BCUT2D eigenvalue weighted by molar-refractivity contribution is 5.20. The summed E-state index contributed by atoms with van der Waals surface area (Å²) in [5.74, 6) is 0.920. The van der Waals surface area contributed by atoms with Crippen LogP contribution in [-0.2, 0) is 4.74 Å². The molecule has 0 atom stereocenters. The van der Waals surface area contributed by atoms with Gasteiger partial charge in [0.2, 0.25) is 0 Å². The van der Waals surface area contributed by atoms with Crippen molar-refractivity contribution in [3.05, 3.63) is 30.3 Å². The number of hydrogen-bond acceptors (Lipinski definition) is 3. The third-order valence-electron chi connectivity index (χ3n) is 3.81. The van der Waals surface area contributed by atoms with Gasteiger partial charge in [0.05, 0.1) is 12.7 Å². The van der Waals surface area contributed by atoms with E-state index in [2.05, 4.69) is 12.2 Å². The van der Waals surface area contributed by atoms with Crippen LogP contribution in [0.25, 0.3) is 0 Å². The predicted molar refractivity (Wildman–Crippen MR) is 82.2 cm³/mol. The Hall–Kier alpha value is -1.06. The van der Waals surface area contributed by atoms with Crippen LogP contribution in [0, 0.1) is 0 Å². The van der Waals surface area contributed by atoms with Crippen molar-refractivity contribution in [3.8, 4) is 5.75 Å². The zero-order valence-electron chi connectivity index (χ0n) is 12.5. The van der Waals surface area contributed by atoms with E-state index < -0.39 is 0 Å². The summed E-state index contributed by atoms with van der Waals surface area (Å²) < 4.78 is 11.5. The maximum absolute atomic E-state index is 5.90. The monoisotopic (exact) mass is 277 g/mol. The van der Waals surface area contributed by atoms with Gasteiger partial charge in [0.1, 0.15) is 12.4 Å². The van der Waals surface area contributed by atoms with Crippen molar-refractivity contribution >= 4 is 0 Å². The molecule has 0 amide bonds. The van der Waals surface area contributed by atoms with Gasteiger partial charge < -0.3 is 14.8 Å². The summed E-state index contributed by atoms with van der Waals surface area (Å²) in [6.45, 7) is 4.68. The Morgan fingerprint density at radius 1 is 1.05 bits per heavy atom. The average Bonchev–Trinajstić information content (AvgIpc) is 2.52. The fraction of sp³-hybridized carbons (Fsp3) is 0.647. The van der Waals surface area contributed by atoms with Crippen molar-refractivity contribution < 1.29 is 9.47 Å². The van der Waals surface area contributed by atoms with Crippen LogP contribution in [0.4, 0.5) is 0 Å². The summed E-state index contributed by atoms with van der Waals surface area (Å²) in [6, 6.07) is 10.6. The van der Waals surface area contributed by atoms with Crippen LogP contribution < -0.4 is 10.1 Å². The van der Waals surface area contributed by atoms with E-state index in [9.17, 15) is 0 Å². The first-order valence-corrected chi connectivity index (χ1v) is 7.91. The lowest BCUT2D eigenvalue weighted by Gasteiger charge is -2.29. The first-order valence-electron chi connectivity index (χ1n) is 7.91. The molecule has 0 bridgehead atoms. The molecule has 1 aliphatic carbocycles. The molecular formula is C17H27NO2. The van der Waals surface area contributed by atoms with Crippen molar-refractivity contribution in [1.82, 2.24) is 5.32 Å². The van der Waals surface area contributed by atoms with Crippen LogP contribution in [-0.4, -0.2) is 31.9 Å². The van der Waals surface area contributed by atoms with E-state index in [4.69, 9.17) is 9.47 Å². The van der Waals surface area contributed by atoms with E-state index >= 15 is 0 Å². The first-order chi connectivity index (χ1) is 9.88. The van der Waals surface area contributed by atoms with Crippen molar-refractivity contribution in [3.63, 3.8) is 0 Å². The molecule has 1 aromatic rings. The second-order valence-electron chi connectivity index (χ2n) is 5.46. The van der Waals surface area contributed by atoms with Crippen molar-refractivity contribution in [1.29, 1.82) is 0 Å². The molecular weight excluding hydrogens is 250 g/mol. The van der Waals surface area contributed by atoms with E-state index in [0.29, 0.717) is 25.4 Å². The summed E-state index contributed by atoms with van der Waals surface area (Å²) in [6.07, 6.45) is 6.47. The van der Waals surface area contributed by atoms with Crippen LogP contribution in [0.5, 0.6) is 5.75 Å². The van der Waals surface area contributed by atoms with E-state index in [-0.39, 0.29) is 0 Å². The van der Waals surface area contributed by atoms with Crippen molar-refractivity contribution in [2.75, 3.05) is 19.8 Å². The smallest absolute Gasteiger partial charge is 0.119 e. The second kappa shape index (κ2) is 8.98. The number of nitrogens with one attached hydrogen (secondary N) is 1. The van der Waals surface area contributed by atoms with E-state index in [1.807, 2.05) is 30.3 Å². The summed E-state index contributed by atoms with van der Waals surface area (Å²) >= 11 is 0. The quantitative estimate of drug-likeness (QED) is 0.739. The molecule has 1 saturated carbocycles. The molecule has 0 aliphatic heterocycles. The predicted octanol–water partition coefficient (Wildman–Crippen LogP) is 3.39. The fourth-order valence-corrected chi connectivity index (χ4v) is 2.67. The van der Waals surface area contributed by atoms with Gasteiger partial charge in [-0.15, -0.1) is 0 Å². The molecule has 0 radical (unpaired) electrons. The lowest BCUT2D eigenvalue weighted by Crippen LogP contribution is -2.36. The number of benzene rings is 1. The normalized spacial score (nSPS) is 22.6. The lowest BCUT2D eigenvalue weighted by molar-refractivity contribution is 0.00804. The van der Waals surface area contributed by atoms with Crippen molar-refractivity contribution in [2.45, 2.75) is 51.2 Å². The summed E-state index contributed by atoms with van der Waals surface area (Å²) in [7, 11) is 0. The molecule has 1 aromatic carbocycles. The molecule has 2 rings (SSSR count). The highest BCUT2D eigenvalue weighted by Gasteiger charge is 2.20. The summed E-state index contributed by atoms with van der Waals surface area (Å²) in [4.78, 5) is 0. The van der Waals surface area contributed by atoms with Gasteiger partial charge in [0.25, 0.3) is 0 Å². The molecule has 20 heavy (non-hydrogen) atoms. The SMILES string of the molecule is CCCNC1CCC(OCCOc2ccccc2)CC1. The average molecular weight is 277 g/mol. The van der Waals surface area contributed by atoms with Crippen LogP contribution >= 0.6 is 0 Å². The Bertz CT molecular complexity index is 347. The summed E-state index contributed by atoms with van der Waals surface area (Å²) in [5.41, 5.74) is 0. The van der Waals surface area contributed by atoms with Gasteiger partial charge in [-0.1, -0.05) is 25.1 Å². The molecule has 0 unspecified atom stereocenters. The molecule has 0 spiro atoms. The van der Waals surface area contributed by atoms with E-state index in [1.165, 1.54) is 32.1 Å². The highest BCUT2D eigenvalue weighted by Crippen LogP contribution is 2.21. The Morgan fingerprint density at radius 3 is 2.50 bits per heavy atom. The molecule has 0 heterocycles. The number of rotatable bonds is 8. The Labute approximate surface area is 122 Å². The van der Waals surface area contributed by atoms with Gasteiger partial charge in [-0.05, 0) is 50.8 Å². The molecule has 1 N–H and O–H groups in total. The maximum atomic E-state index is 5.90. The van der Waals surface area contributed by atoms with Crippen molar-refractivity contribution in [2.24, 2.45) is 0 Å². The Morgan fingerprint density at radius 2 is 1.80 bits per heavy atom. The second-order valence-corrected chi connectivity index (χ2v) is 5.46. The lowest BCUT2D eigenvalue weighted by atomic mass is 9.93. The zero-order valence-corrected chi connectivity index (χ0v) is 12.5. The van der Waals surface area contributed by atoms with Crippen LogP contribution in [0.15, 0.2) is 30.3 Å². The molecule has 3 nitrogen and oxygen atoms in total. The minimum absolute atomic E-state index is 0.425. The van der Waals surface area contributed by atoms with Gasteiger partial charge in [-0.25, -0.2) is 0 Å². The standard InChI is InChI=1S/C17H27NO2/c1-2-12-18-15-8-10-17(11-9-15)20-14-13-19-16-6-4-3-5-7-16/h3-7,15,17-18H,2,8-14H2,1H3. The maximum Gasteiger partial charge on any atom is 0.119 e. The van der Waals surface area contributed by atoms with Gasteiger partial charge in [0, 0.05) is 6.04 Å². The molecule has 0 saturated heterocycles. The Balaban J connectivity index is 1.53. The van der Waals surface area contributed by atoms with Gasteiger partial charge >= 0.3 is 0 Å². The molecule has 1 fully saturated rings. The molecule has 112 valence electrons. The fourth-order valence-electron chi connectivity index (χ4n) is 2.67. The molecule has 3 heteroatoms. The summed E-state index contributed by atoms with van der Waals surface area (Å²) in [5, 5.41) is 3.60. The third kappa shape index (κ3) is 5.51. The van der Waals surface area contributed by atoms with E-state index in [0.717, 1.165) is 12.3 Å². The van der Waals surface area contributed by atoms with Gasteiger partial charge in [-0.2, -0.15) is 0 Å². The molecule has 1 aliphatic rings. The van der Waals surface area contributed by atoms with Gasteiger partial charge in [0.15, 0.2) is 0 Å². The number of hydrogen-bond donors (Lipinski definition) is 1. The third-order valence-corrected chi connectivity index (χ3v) is 3.81. The minimum Gasteiger partial charge on any atom is -0.491 e. The minimum atomic E-state index is 0.425. The zero-order chi connectivity index (χ0) is 14.0. The largest absolute Gasteiger partial charge is 0.491 e. The van der Waals surface area contributed by atoms with Gasteiger partial charge in [-0.3, -0.25) is 0 Å². The number of para-hydroxylation sites is 1. The van der Waals surface area contributed by atoms with Crippen LogP contribution in [0.1, 0.15) is 39.0 Å². The molecule has 0 aromatic heterocycles. The van der Waals surface area contributed by atoms with Crippen LogP contribution in [0.3, 0.4) is 0 Å². The van der Waals surface area contributed by atoms with Crippen LogP contribution in [0.2, 0.25) is 0 Å².